The van der Waals surface area contributed by atoms with E-state index < -0.39 is 0 Å². The van der Waals surface area contributed by atoms with E-state index in [0.717, 1.165) is 13.2 Å². The largest absolute Gasteiger partial charge is 0.372 e. The minimum Gasteiger partial charge on any atom is -0.372 e. The summed E-state index contributed by atoms with van der Waals surface area (Å²) < 4.78 is 5.47. The van der Waals surface area contributed by atoms with E-state index in [2.05, 4.69) is 30.3 Å². The van der Waals surface area contributed by atoms with Gasteiger partial charge in [-0.15, -0.1) is 0 Å². The lowest BCUT2D eigenvalue weighted by Gasteiger charge is -2.16. The molecule has 1 nitrogen and oxygen atoms in total. The van der Waals surface area contributed by atoms with E-state index in [1.807, 2.05) is 6.07 Å². The summed E-state index contributed by atoms with van der Waals surface area (Å²) in [7, 11) is 0. The summed E-state index contributed by atoms with van der Waals surface area (Å²) in [5.41, 5.74) is 2.58. The van der Waals surface area contributed by atoms with Gasteiger partial charge in [0.05, 0.1) is 13.2 Å². The Hall–Kier alpha value is -1.34. The van der Waals surface area contributed by atoms with E-state index in [-0.39, 0.29) is 0 Å². The molecule has 13 heavy (non-hydrogen) atoms. The highest BCUT2D eigenvalue weighted by Crippen LogP contribution is 2.27. The number of hydrogen-bond donors (Lipinski definition) is 0. The van der Waals surface area contributed by atoms with Crippen molar-refractivity contribution in [3.8, 4) is 0 Å². The van der Waals surface area contributed by atoms with Crippen molar-refractivity contribution in [3.63, 3.8) is 0 Å². The van der Waals surface area contributed by atoms with Crippen LogP contribution in [0.25, 0.3) is 10.8 Å². The van der Waals surface area contributed by atoms with E-state index >= 15 is 0 Å². The van der Waals surface area contributed by atoms with Gasteiger partial charge in [-0.25, -0.2) is 0 Å². The van der Waals surface area contributed by atoms with Gasteiger partial charge in [0.2, 0.25) is 0 Å². The fourth-order valence-electron chi connectivity index (χ4n) is 1.93. The second-order valence-corrected chi connectivity index (χ2v) is 3.34. The third-order valence-corrected chi connectivity index (χ3v) is 2.51. The zero-order chi connectivity index (χ0) is 8.67. The van der Waals surface area contributed by atoms with Crippen LogP contribution in [0.3, 0.4) is 0 Å². The third-order valence-electron chi connectivity index (χ3n) is 2.51. The Morgan fingerprint density at radius 3 is 2.85 bits per heavy atom. The number of benzene rings is 2. The molecule has 0 amide bonds. The van der Waals surface area contributed by atoms with Crippen molar-refractivity contribution in [3.05, 3.63) is 47.5 Å². The first-order valence-electron chi connectivity index (χ1n) is 4.44. The summed E-state index contributed by atoms with van der Waals surface area (Å²) in [5.74, 6) is 0. The summed E-state index contributed by atoms with van der Waals surface area (Å²) in [6.07, 6.45) is 0. The molecule has 0 fully saturated rings. The van der Waals surface area contributed by atoms with Gasteiger partial charge >= 0.3 is 0 Å². The molecule has 0 aromatic heterocycles. The van der Waals surface area contributed by atoms with E-state index in [9.17, 15) is 0 Å². The van der Waals surface area contributed by atoms with Crippen LogP contribution in [-0.2, 0) is 18.0 Å². The first-order chi connectivity index (χ1) is 6.45. The Balaban J connectivity index is 2.49. The van der Waals surface area contributed by atoms with Crippen molar-refractivity contribution in [2.45, 2.75) is 13.2 Å². The van der Waals surface area contributed by atoms with E-state index in [4.69, 9.17) is 4.74 Å². The molecule has 1 heterocycles. The molecule has 1 radical (unpaired) electrons. The highest BCUT2D eigenvalue weighted by atomic mass is 16.5. The predicted octanol–water partition coefficient (Wildman–Crippen LogP) is 2.67. The third kappa shape index (κ3) is 0.973. The van der Waals surface area contributed by atoms with Crippen molar-refractivity contribution in [2.24, 2.45) is 0 Å². The van der Waals surface area contributed by atoms with E-state index in [1.165, 1.54) is 21.9 Å². The Kier molecular flexibility index (Phi) is 1.41. The van der Waals surface area contributed by atoms with Gasteiger partial charge in [-0.1, -0.05) is 30.3 Å². The molecule has 1 aliphatic rings. The molecule has 0 N–H and O–H groups in total. The molecule has 0 saturated heterocycles. The van der Waals surface area contributed by atoms with Gasteiger partial charge in [0.25, 0.3) is 0 Å². The zero-order valence-electron chi connectivity index (χ0n) is 7.21. The van der Waals surface area contributed by atoms with Crippen molar-refractivity contribution in [1.82, 2.24) is 0 Å². The van der Waals surface area contributed by atoms with Gasteiger partial charge in [0, 0.05) is 0 Å². The lowest BCUT2D eigenvalue weighted by Crippen LogP contribution is -2.03. The zero-order valence-corrected chi connectivity index (χ0v) is 7.21. The Morgan fingerprint density at radius 1 is 1.08 bits per heavy atom. The first kappa shape index (κ1) is 7.10. The number of ether oxygens (including phenoxy) is 1. The van der Waals surface area contributed by atoms with Gasteiger partial charge in [-0.2, -0.15) is 0 Å². The van der Waals surface area contributed by atoms with Gasteiger partial charge < -0.3 is 4.74 Å². The van der Waals surface area contributed by atoms with Gasteiger partial charge in [0.15, 0.2) is 0 Å². The predicted molar refractivity (Wildman–Crippen MR) is 51.3 cm³/mol. The SMILES string of the molecule is [c]1ccc2c3c(cccc13)COC2. The van der Waals surface area contributed by atoms with Crippen molar-refractivity contribution < 1.29 is 4.74 Å². The molecule has 0 saturated carbocycles. The monoisotopic (exact) mass is 169 g/mol. The van der Waals surface area contributed by atoms with Crippen molar-refractivity contribution >= 4 is 10.8 Å². The van der Waals surface area contributed by atoms with Crippen molar-refractivity contribution in [2.75, 3.05) is 0 Å². The number of rotatable bonds is 0. The molecule has 2 aromatic carbocycles. The lowest BCUT2D eigenvalue weighted by molar-refractivity contribution is 0.103. The molecule has 0 spiro atoms. The summed E-state index contributed by atoms with van der Waals surface area (Å²) in [6, 6.07) is 13.6. The summed E-state index contributed by atoms with van der Waals surface area (Å²) in [6.45, 7) is 1.48. The molecular weight excluding hydrogens is 160 g/mol. The molecule has 0 bridgehead atoms. The van der Waals surface area contributed by atoms with Gasteiger partial charge in [0.1, 0.15) is 0 Å². The molecule has 1 heteroatoms. The smallest absolute Gasteiger partial charge is 0.0727 e. The van der Waals surface area contributed by atoms with Crippen LogP contribution < -0.4 is 0 Å². The quantitative estimate of drug-likeness (QED) is 0.589. The topological polar surface area (TPSA) is 9.23 Å². The molecule has 0 aliphatic carbocycles. The summed E-state index contributed by atoms with van der Waals surface area (Å²) >= 11 is 0. The van der Waals surface area contributed by atoms with Crippen LogP contribution in [0.5, 0.6) is 0 Å². The highest BCUT2D eigenvalue weighted by Gasteiger charge is 2.10. The average Bonchev–Trinajstić information content (AvgIpc) is 2.19. The Labute approximate surface area is 77.0 Å². The molecule has 1 aliphatic heterocycles. The van der Waals surface area contributed by atoms with Crippen LogP contribution in [0, 0.1) is 6.07 Å². The fourth-order valence-corrected chi connectivity index (χ4v) is 1.93. The van der Waals surface area contributed by atoms with E-state index in [0.29, 0.717) is 0 Å². The maximum absolute atomic E-state index is 5.47. The summed E-state index contributed by atoms with van der Waals surface area (Å²) in [5, 5.41) is 2.55. The maximum atomic E-state index is 5.47. The molecule has 2 aromatic rings. The average molecular weight is 169 g/mol. The second-order valence-electron chi connectivity index (χ2n) is 3.34. The normalized spacial score (nSPS) is 14.8. The van der Waals surface area contributed by atoms with E-state index in [1.54, 1.807) is 0 Å². The highest BCUT2D eigenvalue weighted by molar-refractivity contribution is 5.88. The van der Waals surface area contributed by atoms with Gasteiger partial charge in [-0.3, -0.25) is 0 Å². The van der Waals surface area contributed by atoms with Crippen LogP contribution in [-0.4, -0.2) is 0 Å². The van der Waals surface area contributed by atoms with Crippen LogP contribution in [0.2, 0.25) is 0 Å². The minimum atomic E-state index is 0.738. The first-order valence-corrected chi connectivity index (χ1v) is 4.44. The van der Waals surface area contributed by atoms with Gasteiger partial charge in [-0.05, 0) is 28.0 Å². The molecule has 63 valence electrons. The molecular formula is C12H9O. The fraction of sp³-hybridized carbons (Fsp3) is 0.167. The van der Waals surface area contributed by atoms with Crippen LogP contribution in [0.1, 0.15) is 11.1 Å². The Morgan fingerprint density at radius 2 is 1.92 bits per heavy atom. The van der Waals surface area contributed by atoms with Crippen LogP contribution in [0.15, 0.2) is 30.3 Å². The van der Waals surface area contributed by atoms with Crippen LogP contribution >= 0.6 is 0 Å². The Bertz CT molecular complexity index is 421. The van der Waals surface area contributed by atoms with Crippen LogP contribution in [0.4, 0.5) is 0 Å². The van der Waals surface area contributed by atoms with Crippen molar-refractivity contribution in [1.29, 1.82) is 0 Å². The summed E-state index contributed by atoms with van der Waals surface area (Å²) in [4.78, 5) is 0. The maximum Gasteiger partial charge on any atom is 0.0727 e. The molecule has 0 atom stereocenters. The second kappa shape index (κ2) is 2.57. The standard InChI is InChI=1S/C12H9O/c1-3-9-4-2-6-11-8-13-7-10(5-1)12(9)11/h1-3,5-6H,7-8H2. The molecule has 0 unspecified atom stereocenters. The lowest BCUT2D eigenvalue weighted by atomic mass is 9.98. The number of hydrogen-bond acceptors (Lipinski definition) is 1. The minimum absolute atomic E-state index is 0.738. The molecule has 3 rings (SSSR count).